The van der Waals surface area contributed by atoms with Gasteiger partial charge >= 0.3 is 0 Å². The minimum atomic E-state index is -0.502. The molecule has 7 heteroatoms. The fourth-order valence-electron chi connectivity index (χ4n) is 1.77. The molecule has 0 spiro atoms. The van der Waals surface area contributed by atoms with E-state index in [1.54, 1.807) is 6.07 Å². The minimum absolute atomic E-state index is 0.0527. The largest absolute Gasteiger partial charge is 0.356 e. The van der Waals surface area contributed by atoms with Crippen LogP contribution < -0.4 is 10.6 Å². The number of carbonyl (C=O) groups excluding carboxylic acids is 2. The predicted octanol–water partition coefficient (Wildman–Crippen LogP) is 2.23. The Morgan fingerprint density at radius 2 is 2.00 bits per heavy atom. The van der Waals surface area contributed by atoms with Crippen LogP contribution in [0.1, 0.15) is 32.6 Å². The predicted molar refractivity (Wildman–Crippen MR) is 78.9 cm³/mol. The molecule has 0 aliphatic rings. The summed E-state index contributed by atoms with van der Waals surface area (Å²) >= 11 is 0. The Morgan fingerprint density at radius 1 is 1.24 bits per heavy atom. The Hall–Kier alpha value is -2.44. The fourth-order valence-corrected chi connectivity index (χ4v) is 1.77. The molecule has 1 aromatic rings. The quantitative estimate of drug-likeness (QED) is 0.436. The molecule has 1 rings (SSSR count). The molecule has 0 heterocycles. The summed E-state index contributed by atoms with van der Waals surface area (Å²) in [7, 11) is 0. The number of rotatable bonds is 8. The van der Waals surface area contributed by atoms with Crippen molar-refractivity contribution in [3.8, 4) is 0 Å². The third-order valence-electron chi connectivity index (χ3n) is 2.80. The highest BCUT2D eigenvalue weighted by Gasteiger charge is 2.07. The molecule has 0 saturated carbocycles. The van der Waals surface area contributed by atoms with Crippen LogP contribution in [0.5, 0.6) is 0 Å². The lowest BCUT2D eigenvalue weighted by molar-refractivity contribution is -0.384. The maximum absolute atomic E-state index is 11.7. The first-order chi connectivity index (χ1) is 9.99. The number of anilines is 1. The van der Waals surface area contributed by atoms with Crippen LogP contribution in [0.3, 0.4) is 0 Å². The van der Waals surface area contributed by atoms with Gasteiger partial charge in [-0.05, 0) is 18.9 Å². The Morgan fingerprint density at radius 3 is 2.67 bits per heavy atom. The van der Waals surface area contributed by atoms with Gasteiger partial charge in [-0.2, -0.15) is 0 Å². The average molecular weight is 293 g/mol. The van der Waals surface area contributed by atoms with E-state index in [1.807, 2.05) is 0 Å². The number of unbranched alkanes of at least 4 members (excludes halogenated alkanes) is 2. The van der Waals surface area contributed by atoms with Gasteiger partial charge in [-0.25, -0.2) is 0 Å². The third kappa shape index (κ3) is 7.05. The highest BCUT2D eigenvalue weighted by molar-refractivity contribution is 5.90. The molecule has 0 unspecified atom stereocenters. The summed E-state index contributed by atoms with van der Waals surface area (Å²) < 4.78 is 0. The van der Waals surface area contributed by atoms with Crippen LogP contribution in [0, 0.1) is 10.1 Å². The van der Waals surface area contributed by atoms with Gasteiger partial charge in [-0.3, -0.25) is 19.7 Å². The second-order valence-corrected chi connectivity index (χ2v) is 4.65. The topological polar surface area (TPSA) is 101 Å². The molecule has 0 aliphatic carbocycles. The second-order valence-electron chi connectivity index (χ2n) is 4.65. The van der Waals surface area contributed by atoms with Gasteiger partial charge in [-0.1, -0.05) is 12.5 Å². The molecule has 0 fully saturated rings. The zero-order valence-corrected chi connectivity index (χ0v) is 11.9. The van der Waals surface area contributed by atoms with Gasteiger partial charge in [0.2, 0.25) is 11.8 Å². The van der Waals surface area contributed by atoms with E-state index in [-0.39, 0.29) is 17.5 Å². The lowest BCUT2D eigenvalue weighted by Crippen LogP contribution is -2.20. The van der Waals surface area contributed by atoms with Crippen LogP contribution in [0.4, 0.5) is 11.4 Å². The summed E-state index contributed by atoms with van der Waals surface area (Å²) in [6.45, 7) is 2.08. The SMILES string of the molecule is CC(=O)NCCCCCC(=O)Nc1cccc([N+](=O)[O-])c1. The van der Waals surface area contributed by atoms with Gasteiger partial charge in [-0.15, -0.1) is 0 Å². The van der Waals surface area contributed by atoms with Crippen LogP contribution in [-0.2, 0) is 9.59 Å². The smallest absolute Gasteiger partial charge is 0.271 e. The zero-order chi connectivity index (χ0) is 15.7. The summed E-state index contributed by atoms with van der Waals surface area (Å²) in [6.07, 6.45) is 2.72. The van der Waals surface area contributed by atoms with E-state index in [9.17, 15) is 19.7 Å². The fraction of sp³-hybridized carbons (Fsp3) is 0.429. The molecule has 1 aromatic carbocycles. The van der Waals surface area contributed by atoms with Crippen molar-refractivity contribution in [3.63, 3.8) is 0 Å². The average Bonchev–Trinajstić information content (AvgIpc) is 2.42. The summed E-state index contributed by atoms with van der Waals surface area (Å²) in [4.78, 5) is 32.4. The third-order valence-corrected chi connectivity index (χ3v) is 2.80. The van der Waals surface area contributed by atoms with E-state index in [4.69, 9.17) is 0 Å². The maximum atomic E-state index is 11.7. The molecular formula is C14H19N3O4. The van der Waals surface area contributed by atoms with E-state index < -0.39 is 4.92 Å². The molecule has 0 bridgehead atoms. The Kier molecular flexibility index (Phi) is 6.86. The van der Waals surface area contributed by atoms with Crippen molar-refractivity contribution in [2.75, 3.05) is 11.9 Å². The highest BCUT2D eigenvalue weighted by atomic mass is 16.6. The number of hydrogen-bond acceptors (Lipinski definition) is 4. The first-order valence-electron chi connectivity index (χ1n) is 6.78. The first-order valence-corrected chi connectivity index (χ1v) is 6.78. The van der Waals surface area contributed by atoms with Crippen molar-refractivity contribution >= 4 is 23.2 Å². The minimum Gasteiger partial charge on any atom is -0.356 e. The van der Waals surface area contributed by atoms with Crippen LogP contribution in [0.2, 0.25) is 0 Å². The van der Waals surface area contributed by atoms with Crippen molar-refractivity contribution in [3.05, 3.63) is 34.4 Å². The molecule has 0 aromatic heterocycles. The number of nitro benzene ring substituents is 1. The molecule has 2 amide bonds. The maximum Gasteiger partial charge on any atom is 0.271 e. The lowest BCUT2D eigenvalue weighted by Gasteiger charge is -2.05. The first kappa shape index (κ1) is 16.6. The van der Waals surface area contributed by atoms with Gasteiger partial charge in [0, 0.05) is 37.7 Å². The van der Waals surface area contributed by atoms with E-state index >= 15 is 0 Å². The summed E-state index contributed by atoms with van der Waals surface area (Å²) in [5.41, 5.74) is 0.371. The van der Waals surface area contributed by atoms with Gasteiger partial charge in [0.1, 0.15) is 0 Å². The molecular weight excluding hydrogens is 274 g/mol. The Bertz CT molecular complexity index is 517. The Labute approximate surface area is 122 Å². The van der Waals surface area contributed by atoms with Crippen LogP contribution in [0.25, 0.3) is 0 Å². The molecule has 7 nitrogen and oxygen atoms in total. The van der Waals surface area contributed by atoms with Crippen LogP contribution in [0.15, 0.2) is 24.3 Å². The van der Waals surface area contributed by atoms with Crippen LogP contribution in [-0.4, -0.2) is 23.3 Å². The standard InChI is InChI=1S/C14H19N3O4/c1-11(18)15-9-4-2-3-8-14(19)16-12-6-5-7-13(10-12)17(20)21/h5-7,10H,2-4,8-9H2,1H3,(H,15,18)(H,16,19). The van der Waals surface area contributed by atoms with Crippen LogP contribution >= 0.6 is 0 Å². The van der Waals surface area contributed by atoms with Gasteiger partial charge in [0.15, 0.2) is 0 Å². The number of nitro groups is 1. The Balaban J connectivity index is 2.26. The van der Waals surface area contributed by atoms with Crippen molar-refractivity contribution < 1.29 is 14.5 Å². The molecule has 2 N–H and O–H groups in total. The van der Waals surface area contributed by atoms with E-state index in [0.717, 1.165) is 12.8 Å². The number of benzene rings is 1. The second kappa shape index (κ2) is 8.68. The number of carbonyl (C=O) groups is 2. The normalized spacial score (nSPS) is 9.95. The number of non-ortho nitro benzene ring substituents is 1. The molecule has 114 valence electrons. The van der Waals surface area contributed by atoms with E-state index in [1.165, 1.54) is 25.1 Å². The lowest BCUT2D eigenvalue weighted by atomic mass is 10.2. The monoisotopic (exact) mass is 293 g/mol. The summed E-state index contributed by atoms with van der Waals surface area (Å²) in [6, 6.07) is 5.84. The van der Waals surface area contributed by atoms with Gasteiger partial charge < -0.3 is 10.6 Å². The van der Waals surface area contributed by atoms with Crippen molar-refractivity contribution in [1.82, 2.24) is 5.32 Å². The van der Waals surface area contributed by atoms with Crippen molar-refractivity contribution in [1.29, 1.82) is 0 Å². The van der Waals surface area contributed by atoms with Crippen molar-refractivity contribution in [2.45, 2.75) is 32.6 Å². The molecule has 0 aliphatic heterocycles. The van der Waals surface area contributed by atoms with Gasteiger partial charge in [0.25, 0.3) is 5.69 Å². The number of nitrogens with zero attached hydrogens (tertiary/aromatic N) is 1. The van der Waals surface area contributed by atoms with E-state index in [0.29, 0.717) is 25.1 Å². The summed E-state index contributed by atoms with van der Waals surface area (Å²) in [5, 5.41) is 15.9. The number of hydrogen-bond donors (Lipinski definition) is 2. The molecule has 21 heavy (non-hydrogen) atoms. The highest BCUT2D eigenvalue weighted by Crippen LogP contribution is 2.17. The number of amides is 2. The summed E-state index contributed by atoms with van der Waals surface area (Å²) in [5.74, 6) is -0.228. The van der Waals surface area contributed by atoms with Gasteiger partial charge in [0.05, 0.1) is 4.92 Å². The molecule has 0 atom stereocenters. The number of nitrogens with one attached hydrogen (secondary N) is 2. The molecule has 0 saturated heterocycles. The van der Waals surface area contributed by atoms with Crippen molar-refractivity contribution in [2.24, 2.45) is 0 Å². The molecule has 0 radical (unpaired) electrons. The zero-order valence-electron chi connectivity index (χ0n) is 11.9. The van der Waals surface area contributed by atoms with E-state index in [2.05, 4.69) is 10.6 Å².